The first-order chi connectivity index (χ1) is 8.54. The van der Waals surface area contributed by atoms with Gasteiger partial charge in [-0.25, -0.2) is 12.7 Å². The third kappa shape index (κ3) is 4.00. The predicted octanol–water partition coefficient (Wildman–Crippen LogP) is 1.55. The average molecular weight is 298 g/mol. The fourth-order valence-corrected chi connectivity index (χ4v) is 2.48. The Morgan fingerprint density at radius 1 is 1.37 bits per heavy atom. The lowest BCUT2D eigenvalue weighted by Gasteiger charge is -2.18. The van der Waals surface area contributed by atoms with Gasteiger partial charge in [-0.2, -0.15) is 13.2 Å². The second-order valence-electron chi connectivity index (χ2n) is 3.91. The van der Waals surface area contributed by atoms with Crippen molar-refractivity contribution >= 4 is 15.7 Å². The molecule has 0 aliphatic carbocycles. The van der Waals surface area contributed by atoms with E-state index in [1.54, 1.807) is 0 Å². The van der Waals surface area contributed by atoms with Crippen molar-refractivity contribution in [2.45, 2.75) is 17.5 Å². The standard InChI is InChI=1S/C10H13F3N2O3S/c1-15(5-4-10(11,12)13)19(17,18)7-2-3-9(16)8(14)6-7/h2-3,6,16H,4-5,14H2,1H3. The molecule has 0 heterocycles. The summed E-state index contributed by atoms with van der Waals surface area (Å²) in [6.07, 6.45) is -5.67. The number of phenolic OH excluding ortho intramolecular Hbond substituents is 1. The lowest BCUT2D eigenvalue weighted by Crippen LogP contribution is -2.30. The van der Waals surface area contributed by atoms with E-state index in [1.165, 1.54) is 0 Å². The predicted molar refractivity (Wildman–Crippen MR) is 63.0 cm³/mol. The molecule has 0 spiro atoms. The van der Waals surface area contributed by atoms with Gasteiger partial charge in [-0.15, -0.1) is 0 Å². The molecule has 0 radical (unpaired) electrons. The molecule has 0 saturated heterocycles. The highest BCUT2D eigenvalue weighted by Crippen LogP contribution is 2.26. The lowest BCUT2D eigenvalue weighted by molar-refractivity contribution is -0.135. The number of rotatable bonds is 4. The number of nitrogens with two attached hydrogens (primary N) is 1. The minimum atomic E-state index is -4.43. The monoisotopic (exact) mass is 298 g/mol. The van der Waals surface area contributed by atoms with E-state index < -0.39 is 29.2 Å². The summed E-state index contributed by atoms with van der Waals surface area (Å²) >= 11 is 0. The largest absolute Gasteiger partial charge is 0.506 e. The molecule has 0 aliphatic rings. The Bertz CT molecular complexity index is 558. The van der Waals surface area contributed by atoms with Crippen molar-refractivity contribution in [2.75, 3.05) is 19.3 Å². The van der Waals surface area contributed by atoms with Crippen molar-refractivity contribution in [3.63, 3.8) is 0 Å². The zero-order valence-corrected chi connectivity index (χ0v) is 10.8. The van der Waals surface area contributed by atoms with E-state index in [2.05, 4.69) is 0 Å². The van der Waals surface area contributed by atoms with E-state index >= 15 is 0 Å². The van der Waals surface area contributed by atoms with Gasteiger partial charge in [-0.1, -0.05) is 0 Å². The van der Waals surface area contributed by atoms with Gasteiger partial charge in [-0.05, 0) is 18.2 Å². The van der Waals surface area contributed by atoms with Crippen LogP contribution in [0.2, 0.25) is 0 Å². The maximum atomic E-state index is 12.0. The first-order valence-electron chi connectivity index (χ1n) is 5.15. The number of nitrogen functional groups attached to an aromatic ring is 1. The van der Waals surface area contributed by atoms with Crippen LogP contribution in [-0.2, 0) is 10.0 Å². The van der Waals surface area contributed by atoms with Gasteiger partial charge in [0, 0.05) is 13.6 Å². The second-order valence-corrected chi connectivity index (χ2v) is 5.96. The van der Waals surface area contributed by atoms with Crippen LogP contribution in [0.1, 0.15) is 6.42 Å². The molecule has 0 fully saturated rings. The quantitative estimate of drug-likeness (QED) is 0.652. The maximum Gasteiger partial charge on any atom is 0.390 e. The van der Waals surface area contributed by atoms with Gasteiger partial charge in [0.15, 0.2) is 0 Å². The molecule has 0 amide bonds. The summed E-state index contributed by atoms with van der Waals surface area (Å²) in [6, 6.07) is 3.14. The van der Waals surface area contributed by atoms with Crippen molar-refractivity contribution in [2.24, 2.45) is 0 Å². The van der Waals surface area contributed by atoms with Gasteiger partial charge in [-0.3, -0.25) is 0 Å². The Labute approximate surface area is 108 Å². The van der Waals surface area contributed by atoms with Crippen molar-refractivity contribution < 1.29 is 26.7 Å². The van der Waals surface area contributed by atoms with Crippen molar-refractivity contribution in [1.29, 1.82) is 0 Å². The van der Waals surface area contributed by atoms with E-state index in [4.69, 9.17) is 5.73 Å². The Kier molecular flexibility index (Phi) is 4.31. The fourth-order valence-electron chi connectivity index (χ4n) is 1.28. The molecule has 108 valence electrons. The summed E-state index contributed by atoms with van der Waals surface area (Å²) in [5, 5.41) is 9.18. The molecule has 1 aromatic rings. The highest BCUT2D eigenvalue weighted by atomic mass is 32.2. The summed E-state index contributed by atoms with van der Waals surface area (Å²) in [4.78, 5) is -0.271. The summed E-state index contributed by atoms with van der Waals surface area (Å²) in [5.41, 5.74) is 5.19. The number of benzene rings is 1. The van der Waals surface area contributed by atoms with Crippen LogP contribution in [-0.4, -0.2) is 37.6 Å². The number of alkyl halides is 3. The van der Waals surface area contributed by atoms with Gasteiger partial charge in [0.05, 0.1) is 17.0 Å². The van der Waals surface area contributed by atoms with Crippen LogP contribution in [0.25, 0.3) is 0 Å². The van der Waals surface area contributed by atoms with E-state index in [-0.39, 0.29) is 16.3 Å². The van der Waals surface area contributed by atoms with Crippen LogP contribution in [0.4, 0.5) is 18.9 Å². The summed E-state index contributed by atoms with van der Waals surface area (Å²) in [6.45, 7) is -0.688. The van der Waals surface area contributed by atoms with Gasteiger partial charge in [0.25, 0.3) is 0 Å². The van der Waals surface area contributed by atoms with Crippen LogP contribution < -0.4 is 5.73 Å². The number of nitrogens with zero attached hydrogens (tertiary/aromatic N) is 1. The maximum absolute atomic E-state index is 12.0. The minimum absolute atomic E-state index is 0.162. The van der Waals surface area contributed by atoms with Crippen LogP contribution in [0.15, 0.2) is 23.1 Å². The van der Waals surface area contributed by atoms with Gasteiger partial charge in [0.2, 0.25) is 10.0 Å². The molecular weight excluding hydrogens is 285 g/mol. The normalized spacial score (nSPS) is 12.9. The third-order valence-electron chi connectivity index (χ3n) is 2.42. The molecule has 0 atom stereocenters. The van der Waals surface area contributed by atoms with Crippen molar-refractivity contribution in [3.05, 3.63) is 18.2 Å². The number of sulfonamides is 1. The molecule has 1 aromatic carbocycles. The molecule has 5 nitrogen and oxygen atoms in total. The highest BCUT2D eigenvalue weighted by molar-refractivity contribution is 7.89. The van der Waals surface area contributed by atoms with Crippen LogP contribution >= 0.6 is 0 Å². The number of phenols is 1. The van der Waals surface area contributed by atoms with Crippen LogP contribution in [0, 0.1) is 0 Å². The number of hydrogen-bond donors (Lipinski definition) is 2. The van der Waals surface area contributed by atoms with Crippen LogP contribution in [0.3, 0.4) is 0 Å². The lowest BCUT2D eigenvalue weighted by atomic mass is 10.3. The van der Waals surface area contributed by atoms with Crippen molar-refractivity contribution in [3.8, 4) is 5.75 Å². The molecule has 0 unspecified atom stereocenters. The Hall–Kier alpha value is -1.48. The van der Waals surface area contributed by atoms with E-state index in [0.717, 1.165) is 25.2 Å². The molecular formula is C10H13F3N2O3S. The van der Waals surface area contributed by atoms with Crippen LogP contribution in [0.5, 0.6) is 5.75 Å². The third-order valence-corrected chi connectivity index (χ3v) is 4.27. The zero-order chi connectivity index (χ0) is 14.8. The highest BCUT2D eigenvalue weighted by Gasteiger charge is 2.30. The van der Waals surface area contributed by atoms with Crippen molar-refractivity contribution in [1.82, 2.24) is 4.31 Å². The Morgan fingerprint density at radius 3 is 2.42 bits per heavy atom. The smallest absolute Gasteiger partial charge is 0.390 e. The topological polar surface area (TPSA) is 83.6 Å². The first kappa shape index (κ1) is 15.6. The summed E-state index contributed by atoms with van der Waals surface area (Å²) < 4.78 is 60.6. The molecule has 0 saturated carbocycles. The molecule has 1 rings (SSSR count). The van der Waals surface area contributed by atoms with E-state index in [9.17, 15) is 26.7 Å². The average Bonchev–Trinajstić information content (AvgIpc) is 2.28. The Morgan fingerprint density at radius 2 is 1.95 bits per heavy atom. The van der Waals surface area contributed by atoms with E-state index in [1.807, 2.05) is 0 Å². The number of anilines is 1. The van der Waals surface area contributed by atoms with Gasteiger partial charge >= 0.3 is 6.18 Å². The van der Waals surface area contributed by atoms with E-state index in [0.29, 0.717) is 4.31 Å². The minimum Gasteiger partial charge on any atom is -0.506 e. The number of aromatic hydroxyl groups is 1. The summed E-state index contributed by atoms with van der Waals surface area (Å²) in [5.74, 6) is -0.295. The SMILES string of the molecule is CN(CCC(F)(F)F)S(=O)(=O)c1ccc(O)c(N)c1. The van der Waals surface area contributed by atoms with Gasteiger partial charge < -0.3 is 10.8 Å². The Balaban J connectivity index is 2.94. The zero-order valence-electron chi connectivity index (χ0n) is 9.98. The molecule has 0 aromatic heterocycles. The molecule has 0 aliphatic heterocycles. The molecule has 19 heavy (non-hydrogen) atoms. The molecule has 3 N–H and O–H groups in total. The molecule has 9 heteroatoms. The van der Waals surface area contributed by atoms with Gasteiger partial charge in [0.1, 0.15) is 5.75 Å². The first-order valence-corrected chi connectivity index (χ1v) is 6.59. The fraction of sp³-hybridized carbons (Fsp3) is 0.400. The second kappa shape index (κ2) is 5.25. The molecule has 0 bridgehead atoms. The number of hydrogen-bond acceptors (Lipinski definition) is 4. The summed E-state index contributed by atoms with van der Waals surface area (Å²) in [7, 11) is -3.01. The number of halogens is 3.